The first-order valence-corrected chi connectivity index (χ1v) is 12.7. The Kier molecular flexibility index (Phi) is 9.73. The van der Waals surface area contributed by atoms with Gasteiger partial charge < -0.3 is 19.7 Å². The van der Waals surface area contributed by atoms with Crippen LogP contribution in [0, 0.1) is 0 Å². The maximum absolute atomic E-state index is 13.2. The molecule has 0 aromatic heterocycles. The number of sulfonamides is 1. The van der Waals surface area contributed by atoms with Gasteiger partial charge in [-0.2, -0.15) is 0 Å². The fourth-order valence-electron chi connectivity index (χ4n) is 3.58. The highest BCUT2D eigenvalue weighted by molar-refractivity contribution is 7.92. The molecule has 2 aromatic carbocycles. The van der Waals surface area contributed by atoms with Gasteiger partial charge in [0.2, 0.25) is 21.8 Å². The zero-order chi connectivity index (χ0) is 25.3. The second-order valence-electron chi connectivity index (χ2n) is 7.77. The summed E-state index contributed by atoms with van der Waals surface area (Å²) in [5, 5.41) is 2.58. The van der Waals surface area contributed by atoms with Crippen LogP contribution in [0.25, 0.3) is 0 Å². The first-order valence-electron chi connectivity index (χ1n) is 10.9. The molecule has 0 aliphatic rings. The number of anilines is 1. The van der Waals surface area contributed by atoms with Crippen LogP contribution in [0.15, 0.2) is 48.5 Å². The minimum Gasteiger partial charge on any atom is -0.497 e. The molecule has 0 aliphatic heterocycles. The van der Waals surface area contributed by atoms with Crippen LogP contribution in [0.3, 0.4) is 0 Å². The van der Waals surface area contributed by atoms with Gasteiger partial charge in [0.25, 0.3) is 0 Å². The lowest BCUT2D eigenvalue weighted by molar-refractivity contribution is -0.140. The second-order valence-corrected chi connectivity index (χ2v) is 9.68. The van der Waals surface area contributed by atoms with Crippen molar-refractivity contribution in [2.75, 3.05) is 38.4 Å². The molecule has 2 rings (SSSR count). The van der Waals surface area contributed by atoms with Gasteiger partial charge in [-0.15, -0.1) is 0 Å². The molecule has 0 saturated heterocycles. The van der Waals surface area contributed by atoms with Crippen molar-refractivity contribution in [3.05, 3.63) is 54.1 Å². The van der Waals surface area contributed by atoms with Crippen molar-refractivity contribution in [3.63, 3.8) is 0 Å². The summed E-state index contributed by atoms with van der Waals surface area (Å²) in [7, 11) is 0.941. The van der Waals surface area contributed by atoms with Gasteiger partial charge in [-0.3, -0.25) is 13.9 Å². The monoisotopic (exact) mass is 491 g/mol. The van der Waals surface area contributed by atoms with E-state index in [0.717, 1.165) is 11.8 Å². The summed E-state index contributed by atoms with van der Waals surface area (Å²) in [6.07, 6.45) is 1.44. The number of nitrogens with one attached hydrogen (secondary N) is 1. The molecule has 0 spiro atoms. The van der Waals surface area contributed by atoms with Gasteiger partial charge in [-0.05, 0) is 43.2 Å². The smallest absolute Gasteiger partial charge is 0.242 e. The summed E-state index contributed by atoms with van der Waals surface area (Å²) in [6, 6.07) is 13.4. The predicted octanol–water partition coefficient (Wildman–Crippen LogP) is 2.41. The first kappa shape index (κ1) is 27.0. The third-order valence-electron chi connectivity index (χ3n) is 5.41. The lowest BCUT2D eigenvalue weighted by Gasteiger charge is -2.29. The third kappa shape index (κ3) is 7.11. The van der Waals surface area contributed by atoms with Crippen LogP contribution in [0.5, 0.6) is 11.5 Å². The molecular formula is C24H33N3O6S. The molecule has 0 radical (unpaired) electrons. The summed E-state index contributed by atoms with van der Waals surface area (Å²) in [5.41, 5.74) is 1.22. The van der Waals surface area contributed by atoms with E-state index >= 15 is 0 Å². The Bertz CT molecular complexity index is 1090. The molecule has 1 N–H and O–H groups in total. The van der Waals surface area contributed by atoms with Crippen molar-refractivity contribution in [2.45, 2.75) is 32.4 Å². The zero-order valence-electron chi connectivity index (χ0n) is 20.3. The van der Waals surface area contributed by atoms with E-state index in [9.17, 15) is 18.0 Å². The summed E-state index contributed by atoms with van der Waals surface area (Å²) in [4.78, 5) is 27.0. The highest BCUT2D eigenvalue weighted by Gasteiger charge is 2.26. The maximum atomic E-state index is 13.2. The van der Waals surface area contributed by atoms with E-state index in [-0.39, 0.29) is 37.7 Å². The molecular weight excluding hydrogens is 458 g/mol. The van der Waals surface area contributed by atoms with Crippen LogP contribution in [-0.2, 0) is 26.2 Å². The first-order chi connectivity index (χ1) is 16.1. The SMILES string of the molecule is CNC(=O)[C@H](C)N(Cc1cccc(OC)c1)C(=O)CCCN(c1ccccc1OC)S(C)(=O)=O. The number of carbonyl (C=O) groups is 2. The van der Waals surface area contributed by atoms with Gasteiger partial charge in [0.1, 0.15) is 17.5 Å². The predicted molar refractivity (Wildman–Crippen MR) is 131 cm³/mol. The largest absolute Gasteiger partial charge is 0.497 e. The molecule has 0 heterocycles. The number of benzene rings is 2. The Hall–Kier alpha value is -3.27. The fraction of sp³-hybridized carbons (Fsp3) is 0.417. The van der Waals surface area contributed by atoms with Gasteiger partial charge >= 0.3 is 0 Å². The average Bonchev–Trinajstić information content (AvgIpc) is 2.83. The molecule has 0 fully saturated rings. The van der Waals surface area contributed by atoms with Crippen LogP contribution < -0.4 is 19.1 Å². The van der Waals surface area contributed by atoms with Gasteiger partial charge in [-0.25, -0.2) is 8.42 Å². The topological polar surface area (TPSA) is 105 Å². The van der Waals surface area contributed by atoms with Crippen LogP contribution >= 0.6 is 0 Å². The molecule has 2 amide bonds. The van der Waals surface area contributed by atoms with E-state index in [1.807, 2.05) is 18.2 Å². The van der Waals surface area contributed by atoms with Gasteiger partial charge in [0.15, 0.2) is 0 Å². The summed E-state index contributed by atoms with van der Waals surface area (Å²) in [6.45, 7) is 1.97. The molecule has 34 heavy (non-hydrogen) atoms. The molecule has 186 valence electrons. The number of para-hydroxylation sites is 2. The van der Waals surface area contributed by atoms with Crippen LogP contribution in [0.4, 0.5) is 5.69 Å². The highest BCUT2D eigenvalue weighted by Crippen LogP contribution is 2.29. The van der Waals surface area contributed by atoms with Crippen molar-refractivity contribution < 1.29 is 27.5 Å². The Morgan fingerprint density at radius 3 is 2.38 bits per heavy atom. The average molecular weight is 492 g/mol. The van der Waals surface area contributed by atoms with Crippen molar-refractivity contribution in [3.8, 4) is 11.5 Å². The van der Waals surface area contributed by atoms with Gasteiger partial charge in [0, 0.05) is 26.6 Å². The minimum atomic E-state index is -3.61. The number of hydrogen-bond donors (Lipinski definition) is 1. The standard InChI is InChI=1S/C24H33N3O6S/c1-18(24(29)25-2)26(17-19-10-8-11-20(16-19)32-3)23(28)14-9-15-27(34(5,30)31)21-12-6-7-13-22(21)33-4/h6-8,10-13,16,18H,9,14-15,17H2,1-5H3,(H,25,29)/t18-/m0/s1. The lowest BCUT2D eigenvalue weighted by Crippen LogP contribution is -2.46. The van der Waals surface area contributed by atoms with Crippen LogP contribution in [0.1, 0.15) is 25.3 Å². The Balaban J connectivity index is 2.19. The summed E-state index contributed by atoms with van der Waals surface area (Å²) in [5.74, 6) is 0.528. The number of ether oxygens (including phenoxy) is 2. The van der Waals surface area contributed by atoms with Gasteiger partial charge in [0.05, 0.1) is 26.2 Å². The molecule has 2 aromatic rings. The molecule has 0 aliphatic carbocycles. The van der Waals surface area contributed by atoms with Crippen molar-refractivity contribution in [1.29, 1.82) is 0 Å². The lowest BCUT2D eigenvalue weighted by atomic mass is 10.1. The number of carbonyl (C=O) groups excluding carboxylic acids is 2. The second kappa shape index (κ2) is 12.3. The van der Waals surface area contributed by atoms with E-state index in [0.29, 0.717) is 17.2 Å². The minimum absolute atomic E-state index is 0.0620. The maximum Gasteiger partial charge on any atom is 0.242 e. The van der Waals surface area contributed by atoms with E-state index in [1.54, 1.807) is 44.4 Å². The highest BCUT2D eigenvalue weighted by atomic mass is 32.2. The van der Waals surface area contributed by atoms with E-state index in [1.165, 1.54) is 23.4 Å². The van der Waals surface area contributed by atoms with E-state index in [2.05, 4.69) is 5.32 Å². The number of nitrogens with zero attached hydrogens (tertiary/aromatic N) is 2. The van der Waals surface area contributed by atoms with Crippen molar-refractivity contribution >= 4 is 27.5 Å². The molecule has 1 atom stereocenters. The Morgan fingerprint density at radius 2 is 1.76 bits per heavy atom. The van der Waals surface area contributed by atoms with Crippen molar-refractivity contribution in [1.82, 2.24) is 10.2 Å². The summed E-state index contributed by atoms with van der Waals surface area (Å²) >= 11 is 0. The number of methoxy groups -OCH3 is 2. The van der Waals surface area contributed by atoms with Crippen LogP contribution in [0.2, 0.25) is 0 Å². The molecule has 9 nitrogen and oxygen atoms in total. The fourth-order valence-corrected chi connectivity index (χ4v) is 4.55. The third-order valence-corrected chi connectivity index (χ3v) is 6.59. The number of rotatable bonds is 12. The normalized spacial score (nSPS) is 11.9. The Labute approximate surface area is 201 Å². The van der Waals surface area contributed by atoms with E-state index < -0.39 is 16.1 Å². The van der Waals surface area contributed by atoms with Gasteiger partial charge in [-0.1, -0.05) is 24.3 Å². The molecule has 10 heteroatoms. The Morgan fingerprint density at radius 1 is 1.06 bits per heavy atom. The number of likely N-dealkylation sites (N-methyl/N-ethyl adjacent to an activating group) is 1. The van der Waals surface area contributed by atoms with Crippen LogP contribution in [-0.4, -0.2) is 65.2 Å². The quantitative estimate of drug-likeness (QED) is 0.489. The van der Waals surface area contributed by atoms with E-state index in [4.69, 9.17) is 9.47 Å². The zero-order valence-corrected chi connectivity index (χ0v) is 21.1. The number of amides is 2. The van der Waals surface area contributed by atoms with Crippen molar-refractivity contribution in [2.24, 2.45) is 0 Å². The molecule has 0 unspecified atom stereocenters. The number of hydrogen-bond acceptors (Lipinski definition) is 6. The summed E-state index contributed by atoms with van der Waals surface area (Å²) < 4.78 is 36.7. The molecule has 0 saturated carbocycles. The molecule has 0 bridgehead atoms.